The van der Waals surface area contributed by atoms with Crippen LogP contribution in [0.1, 0.15) is 32.1 Å². The van der Waals surface area contributed by atoms with Gasteiger partial charge in [-0.25, -0.2) is 0 Å². The average molecular weight is 435 g/mol. The second-order valence-corrected chi connectivity index (χ2v) is 9.64. The van der Waals surface area contributed by atoms with E-state index >= 15 is 0 Å². The van der Waals surface area contributed by atoms with Gasteiger partial charge in [0.2, 0.25) is 5.91 Å². The number of piperazine rings is 1. The first-order valence-electron chi connectivity index (χ1n) is 12.5. The SMILES string of the molecule is CN=C(NCCN1CCN(C(=O)C2CCCC2)CC1)N1CCC(CN2CCOCC2)C1. The van der Waals surface area contributed by atoms with E-state index in [-0.39, 0.29) is 0 Å². The summed E-state index contributed by atoms with van der Waals surface area (Å²) in [5.74, 6) is 2.49. The number of morpholine rings is 1. The summed E-state index contributed by atoms with van der Waals surface area (Å²) in [4.78, 5) is 26.7. The minimum atomic E-state index is 0.309. The van der Waals surface area contributed by atoms with Gasteiger partial charge in [-0.1, -0.05) is 12.8 Å². The highest BCUT2D eigenvalue weighted by atomic mass is 16.5. The van der Waals surface area contributed by atoms with Crippen LogP contribution in [0.25, 0.3) is 0 Å². The normalized spacial score (nSPS) is 27.3. The van der Waals surface area contributed by atoms with Crippen molar-refractivity contribution < 1.29 is 9.53 Å². The standard InChI is InChI=1S/C23H42N6O2/c1-24-23(29-8-6-20(19-29)18-27-14-16-31-17-15-27)25-7-9-26-10-12-28(13-11-26)22(30)21-4-2-3-5-21/h20-21H,2-19H2,1H3,(H,24,25). The summed E-state index contributed by atoms with van der Waals surface area (Å²) in [6.45, 7) is 12.9. The molecule has 4 fully saturated rings. The third-order valence-corrected chi connectivity index (χ3v) is 7.52. The molecule has 0 radical (unpaired) electrons. The van der Waals surface area contributed by atoms with Gasteiger partial charge in [0.15, 0.2) is 5.96 Å². The summed E-state index contributed by atoms with van der Waals surface area (Å²) in [5, 5.41) is 3.58. The van der Waals surface area contributed by atoms with E-state index in [2.05, 4.69) is 29.9 Å². The number of guanidine groups is 1. The molecule has 0 aromatic rings. The summed E-state index contributed by atoms with van der Waals surface area (Å²) in [6, 6.07) is 0. The van der Waals surface area contributed by atoms with Crippen LogP contribution < -0.4 is 5.32 Å². The van der Waals surface area contributed by atoms with Crippen molar-refractivity contribution in [1.29, 1.82) is 0 Å². The number of hydrogen-bond donors (Lipinski definition) is 1. The van der Waals surface area contributed by atoms with Gasteiger partial charge >= 0.3 is 0 Å². The Kier molecular flexibility index (Phi) is 8.44. The smallest absolute Gasteiger partial charge is 0.225 e. The molecule has 31 heavy (non-hydrogen) atoms. The first-order valence-corrected chi connectivity index (χ1v) is 12.5. The highest BCUT2D eigenvalue weighted by Crippen LogP contribution is 2.27. The molecular weight excluding hydrogens is 392 g/mol. The maximum absolute atomic E-state index is 12.6. The summed E-state index contributed by atoms with van der Waals surface area (Å²) >= 11 is 0. The summed E-state index contributed by atoms with van der Waals surface area (Å²) in [6.07, 6.45) is 5.91. The lowest BCUT2D eigenvalue weighted by molar-refractivity contribution is -0.137. The number of nitrogens with one attached hydrogen (secondary N) is 1. The molecule has 3 heterocycles. The predicted octanol–water partition coefficient (Wildman–Crippen LogP) is 0.550. The van der Waals surface area contributed by atoms with Crippen LogP contribution >= 0.6 is 0 Å². The van der Waals surface area contributed by atoms with Crippen LogP contribution in [-0.4, -0.2) is 124 Å². The van der Waals surface area contributed by atoms with Crippen molar-refractivity contribution >= 4 is 11.9 Å². The van der Waals surface area contributed by atoms with Crippen molar-refractivity contribution in [2.45, 2.75) is 32.1 Å². The van der Waals surface area contributed by atoms with Crippen molar-refractivity contribution in [2.24, 2.45) is 16.8 Å². The van der Waals surface area contributed by atoms with Crippen LogP contribution in [0, 0.1) is 11.8 Å². The van der Waals surface area contributed by atoms with E-state index in [1.54, 1.807) is 0 Å². The maximum Gasteiger partial charge on any atom is 0.225 e. The molecule has 176 valence electrons. The molecular formula is C23H42N6O2. The molecule has 1 saturated carbocycles. The maximum atomic E-state index is 12.6. The summed E-state index contributed by atoms with van der Waals surface area (Å²) < 4.78 is 5.47. The van der Waals surface area contributed by atoms with Gasteiger partial charge in [0.1, 0.15) is 0 Å². The quantitative estimate of drug-likeness (QED) is 0.487. The summed E-state index contributed by atoms with van der Waals surface area (Å²) in [5.41, 5.74) is 0. The Bertz CT molecular complexity index is 595. The van der Waals surface area contributed by atoms with E-state index in [1.165, 1.54) is 25.8 Å². The molecule has 4 aliphatic rings. The van der Waals surface area contributed by atoms with E-state index in [1.807, 2.05) is 7.05 Å². The van der Waals surface area contributed by atoms with Crippen LogP contribution in [0.15, 0.2) is 4.99 Å². The largest absolute Gasteiger partial charge is 0.379 e. The van der Waals surface area contributed by atoms with Crippen LogP contribution in [0.3, 0.4) is 0 Å². The Morgan fingerprint density at radius 3 is 2.39 bits per heavy atom. The molecule has 3 aliphatic heterocycles. The minimum Gasteiger partial charge on any atom is -0.379 e. The zero-order valence-electron chi connectivity index (χ0n) is 19.4. The molecule has 1 amide bonds. The number of nitrogens with zero attached hydrogens (tertiary/aromatic N) is 5. The van der Waals surface area contributed by atoms with Crippen molar-refractivity contribution in [3.63, 3.8) is 0 Å². The van der Waals surface area contributed by atoms with E-state index in [4.69, 9.17) is 4.74 Å². The molecule has 3 saturated heterocycles. The van der Waals surface area contributed by atoms with Crippen LogP contribution in [0.5, 0.6) is 0 Å². The van der Waals surface area contributed by atoms with E-state index < -0.39 is 0 Å². The van der Waals surface area contributed by atoms with Gasteiger partial charge in [-0.05, 0) is 25.2 Å². The molecule has 1 N–H and O–H groups in total. The summed E-state index contributed by atoms with van der Waals surface area (Å²) in [7, 11) is 1.89. The first-order chi connectivity index (χ1) is 15.2. The monoisotopic (exact) mass is 434 g/mol. The molecule has 0 aromatic carbocycles. The fourth-order valence-corrected chi connectivity index (χ4v) is 5.60. The zero-order valence-corrected chi connectivity index (χ0v) is 19.4. The fourth-order valence-electron chi connectivity index (χ4n) is 5.60. The number of hydrogen-bond acceptors (Lipinski definition) is 5. The number of carbonyl (C=O) groups excluding carboxylic acids is 1. The number of aliphatic imine (C=N–C) groups is 1. The number of carbonyl (C=O) groups is 1. The van der Waals surface area contributed by atoms with Crippen molar-refractivity contribution in [3.8, 4) is 0 Å². The molecule has 1 atom stereocenters. The zero-order chi connectivity index (χ0) is 21.5. The number of amides is 1. The molecule has 0 spiro atoms. The lowest BCUT2D eigenvalue weighted by atomic mass is 10.1. The van der Waals surface area contributed by atoms with Gasteiger partial charge in [0, 0.05) is 85.0 Å². The van der Waals surface area contributed by atoms with Gasteiger partial charge < -0.3 is 19.9 Å². The van der Waals surface area contributed by atoms with E-state index in [0.29, 0.717) is 11.8 Å². The van der Waals surface area contributed by atoms with Crippen LogP contribution in [-0.2, 0) is 9.53 Å². The molecule has 8 heteroatoms. The molecule has 1 unspecified atom stereocenters. The van der Waals surface area contributed by atoms with Gasteiger partial charge in [-0.3, -0.25) is 19.6 Å². The van der Waals surface area contributed by atoms with E-state index in [0.717, 1.165) is 103 Å². The van der Waals surface area contributed by atoms with Crippen molar-refractivity contribution in [2.75, 3.05) is 92.3 Å². The Labute approximate surface area is 188 Å². The van der Waals surface area contributed by atoms with Crippen LogP contribution in [0.4, 0.5) is 0 Å². The second kappa shape index (κ2) is 11.5. The van der Waals surface area contributed by atoms with Crippen molar-refractivity contribution in [3.05, 3.63) is 0 Å². The molecule has 0 bridgehead atoms. The van der Waals surface area contributed by atoms with Gasteiger partial charge in [0.05, 0.1) is 13.2 Å². The van der Waals surface area contributed by atoms with Gasteiger partial charge in [0.25, 0.3) is 0 Å². The lowest BCUT2D eigenvalue weighted by Gasteiger charge is -2.36. The third-order valence-electron chi connectivity index (χ3n) is 7.52. The third kappa shape index (κ3) is 6.33. The number of likely N-dealkylation sites (tertiary alicyclic amines) is 1. The highest BCUT2D eigenvalue weighted by molar-refractivity contribution is 5.80. The topological polar surface area (TPSA) is 63.7 Å². The predicted molar refractivity (Wildman–Crippen MR) is 123 cm³/mol. The fraction of sp³-hybridized carbons (Fsp3) is 0.913. The Hall–Kier alpha value is -1.38. The first kappa shape index (κ1) is 22.8. The minimum absolute atomic E-state index is 0.309. The Morgan fingerprint density at radius 1 is 0.935 bits per heavy atom. The molecule has 0 aromatic heterocycles. The lowest BCUT2D eigenvalue weighted by Crippen LogP contribution is -2.52. The number of ether oxygens (including phenoxy) is 1. The Morgan fingerprint density at radius 2 is 1.68 bits per heavy atom. The molecule has 4 rings (SSSR count). The average Bonchev–Trinajstić information content (AvgIpc) is 3.50. The number of rotatable bonds is 6. The van der Waals surface area contributed by atoms with Crippen molar-refractivity contribution in [1.82, 2.24) is 24.9 Å². The van der Waals surface area contributed by atoms with E-state index in [9.17, 15) is 4.79 Å². The van der Waals surface area contributed by atoms with Gasteiger partial charge in [-0.2, -0.15) is 0 Å². The molecule has 1 aliphatic carbocycles. The van der Waals surface area contributed by atoms with Crippen LogP contribution in [0.2, 0.25) is 0 Å². The van der Waals surface area contributed by atoms with Gasteiger partial charge in [-0.15, -0.1) is 0 Å². The molecule has 8 nitrogen and oxygen atoms in total. The highest BCUT2D eigenvalue weighted by Gasteiger charge is 2.30. The second-order valence-electron chi connectivity index (χ2n) is 9.64. The Balaban J connectivity index is 1.12.